The quantitative estimate of drug-likeness (QED) is 0.692. The maximum absolute atomic E-state index is 11.5. The van der Waals surface area contributed by atoms with E-state index in [0.29, 0.717) is 10.7 Å². The van der Waals surface area contributed by atoms with Gasteiger partial charge in [0.1, 0.15) is 10.7 Å². The molecule has 2 heterocycles. The van der Waals surface area contributed by atoms with Crippen LogP contribution in [0.1, 0.15) is 22.5 Å². The molecule has 1 aromatic heterocycles. The van der Waals surface area contributed by atoms with Gasteiger partial charge < -0.3 is 21.7 Å². The summed E-state index contributed by atoms with van der Waals surface area (Å²) in [6.45, 7) is 1.75. The molecule has 0 saturated carbocycles. The van der Waals surface area contributed by atoms with Crippen LogP contribution in [-0.4, -0.2) is 37.1 Å². The van der Waals surface area contributed by atoms with E-state index in [1.807, 2.05) is 0 Å². The maximum atomic E-state index is 11.5. The Morgan fingerprint density at radius 2 is 2.18 bits per heavy atom. The largest absolute Gasteiger partial charge is 0.382 e. The highest BCUT2D eigenvalue weighted by molar-refractivity contribution is 7.18. The van der Waals surface area contributed by atoms with Crippen LogP contribution >= 0.6 is 11.3 Å². The number of carbonyl (C=O) groups is 1. The van der Waals surface area contributed by atoms with Gasteiger partial charge in [-0.1, -0.05) is 11.3 Å². The van der Waals surface area contributed by atoms with E-state index in [1.54, 1.807) is 7.05 Å². The molecule has 2 rings (SSSR count). The molecular weight excluding hydrogens is 238 g/mol. The molecule has 94 valence electrons. The zero-order chi connectivity index (χ0) is 12.4. The fraction of sp³-hybridized carbons (Fsp3) is 0.600. The average molecular weight is 255 g/mol. The van der Waals surface area contributed by atoms with Crippen molar-refractivity contribution in [1.29, 1.82) is 0 Å². The molecular formula is C10H17N5OS. The number of piperidine rings is 1. The van der Waals surface area contributed by atoms with Crippen LogP contribution in [0.3, 0.4) is 0 Å². The van der Waals surface area contributed by atoms with Gasteiger partial charge in [-0.25, -0.2) is 4.98 Å². The smallest absolute Gasteiger partial charge is 0.265 e. The van der Waals surface area contributed by atoms with E-state index in [2.05, 4.69) is 15.2 Å². The molecule has 0 atom stereocenters. The van der Waals surface area contributed by atoms with Gasteiger partial charge in [-0.05, 0) is 12.8 Å². The molecule has 1 aliphatic rings. The Bertz CT molecular complexity index is 411. The fourth-order valence-electron chi connectivity index (χ4n) is 1.82. The number of rotatable bonds is 2. The van der Waals surface area contributed by atoms with Gasteiger partial charge in [-0.15, -0.1) is 0 Å². The van der Waals surface area contributed by atoms with Crippen LogP contribution in [0.4, 0.5) is 10.9 Å². The molecule has 6 nitrogen and oxygen atoms in total. The summed E-state index contributed by atoms with van der Waals surface area (Å²) in [5.41, 5.74) is 11.6. The Morgan fingerprint density at radius 1 is 1.53 bits per heavy atom. The summed E-state index contributed by atoms with van der Waals surface area (Å²) in [4.78, 5) is 18.4. The van der Waals surface area contributed by atoms with E-state index in [0.717, 1.165) is 31.1 Å². The number of nitrogens with two attached hydrogens (primary N) is 2. The molecule has 7 heteroatoms. The molecule has 0 bridgehead atoms. The Labute approximate surface area is 104 Å². The van der Waals surface area contributed by atoms with Crippen molar-refractivity contribution < 1.29 is 4.79 Å². The Hall–Kier alpha value is -1.34. The lowest BCUT2D eigenvalue weighted by Gasteiger charge is -2.29. The van der Waals surface area contributed by atoms with Crippen LogP contribution in [0, 0.1) is 0 Å². The van der Waals surface area contributed by atoms with Crippen LogP contribution in [0.25, 0.3) is 0 Å². The summed E-state index contributed by atoms with van der Waals surface area (Å²) in [5, 5.41) is 3.37. The monoisotopic (exact) mass is 255 g/mol. The molecule has 0 aliphatic carbocycles. The van der Waals surface area contributed by atoms with Crippen molar-refractivity contribution in [2.75, 3.05) is 30.8 Å². The van der Waals surface area contributed by atoms with Crippen LogP contribution < -0.4 is 21.7 Å². The van der Waals surface area contributed by atoms with Crippen molar-refractivity contribution in [3.8, 4) is 0 Å². The lowest BCUT2D eigenvalue weighted by Crippen LogP contribution is -2.39. The van der Waals surface area contributed by atoms with Gasteiger partial charge >= 0.3 is 0 Å². The van der Waals surface area contributed by atoms with Gasteiger partial charge in [0, 0.05) is 26.2 Å². The highest BCUT2D eigenvalue weighted by atomic mass is 32.1. The molecule has 0 unspecified atom stereocenters. The van der Waals surface area contributed by atoms with E-state index in [1.165, 1.54) is 11.3 Å². The number of anilines is 2. The number of nitrogens with one attached hydrogen (secondary N) is 1. The second kappa shape index (κ2) is 4.89. The van der Waals surface area contributed by atoms with Crippen molar-refractivity contribution in [2.24, 2.45) is 5.73 Å². The minimum atomic E-state index is -0.181. The number of thiazole rings is 1. The standard InChI is InChI=1S/C10H17N5OS/c1-13-9(16)7-8(12)14-10(17-7)15-4-2-6(11)3-5-15/h6H,2-5,11-12H2,1H3,(H,13,16). The molecule has 1 aliphatic heterocycles. The molecule has 0 spiro atoms. The number of aromatic nitrogens is 1. The summed E-state index contributed by atoms with van der Waals surface area (Å²) >= 11 is 1.34. The first kappa shape index (κ1) is 12.1. The Kier molecular flexibility index (Phi) is 3.49. The van der Waals surface area contributed by atoms with E-state index in [4.69, 9.17) is 11.5 Å². The second-order valence-electron chi connectivity index (χ2n) is 4.11. The Morgan fingerprint density at radius 3 is 2.76 bits per heavy atom. The van der Waals surface area contributed by atoms with E-state index in [9.17, 15) is 4.79 Å². The molecule has 1 amide bonds. The predicted octanol–water partition coefficient (Wildman–Crippen LogP) is 0.0124. The number of nitrogen functional groups attached to an aromatic ring is 1. The lowest BCUT2D eigenvalue weighted by atomic mass is 10.1. The molecule has 5 N–H and O–H groups in total. The van der Waals surface area contributed by atoms with E-state index < -0.39 is 0 Å². The number of amides is 1. The highest BCUT2D eigenvalue weighted by Gasteiger charge is 2.22. The molecule has 1 saturated heterocycles. The molecule has 0 radical (unpaired) electrons. The van der Waals surface area contributed by atoms with Crippen LogP contribution in [0.2, 0.25) is 0 Å². The van der Waals surface area contributed by atoms with Crippen molar-refractivity contribution >= 4 is 28.2 Å². The van der Waals surface area contributed by atoms with Gasteiger partial charge in [0.05, 0.1) is 0 Å². The summed E-state index contributed by atoms with van der Waals surface area (Å²) < 4.78 is 0. The van der Waals surface area contributed by atoms with E-state index in [-0.39, 0.29) is 11.9 Å². The first-order valence-corrected chi connectivity index (χ1v) is 6.42. The van der Waals surface area contributed by atoms with Crippen molar-refractivity contribution in [3.63, 3.8) is 0 Å². The summed E-state index contributed by atoms with van der Waals surface area (Å²) in [6, 6.07) is 0.280. The highest BCUT2D eigenvalue weighted by Crippen LogP contribution is 2.29. The van der Waals surface area contributed by atoms with Crippen LogP contribution in [0.15, 0.2) is 0 Å². The molecule has 0 aromatic carbocycles. The van der Waals surface area contributed by atoms with E-state index >= 15 is 0 Å². The number of carbonyl (C=O) groups excluding carboxylic acids is 1. The van der Waals surface area contributed by atoms with Gasteiger partial charge in [0.2, 0.25) is 0 Å². The first-order chi connectivity index (χ1) is 8.11. The zero-order valence-corrected chi connectivity index (χ0v) is 10.6. The second-order valence-corrected chi connectivity index (χ2v) is 5.09. The third kappa shape index (κ3) is 2.50. The predicted molar refractivity (Wildman–Crippen MR) is 69.3 cm³/mol. The number of hydrogen-bond donors (Lipinski definition) is 3. The minimum Gasteiger partial charge on any atom is -0.382 e. The van der Waals surface area contributed by atoms with Crippen molar-refractivity contribution in [3.05, 3.63) is 4.88 Å². The molecule has 1 fully saturated rings. The van der Waals surface area contributed by atoms with Gasteiger partial charge in [-0.2, -0.15) is 0 Å². The van der Waals surface area contributed by atoms with Gasteiger partial charge in [0.15, 0.2) is 5.13 Å². The first-order valence-electron chi connectivity index (χ1n) is 5.60. The third-order valence-electron chi connectivity index (χ3n) is 2.89. The SMILES string of the molecule is CNC(=O)c1sc(N2CCC(N)CC2)nc1N. The Balaban J connectivity index is 2.14. The number of nitrogens with zero attached hydrogens (tertiary/aromatic N) is 2. The van der Waals surface area contributed by atoms with Crippen molar-refractivity contribution in [2.45, 2.75) is 18.9 Å². The molecule has 1 aromatic rings. The van der Waals surface area contributed by atoms with Crippen LogP contribution in [0.5, 0.6) is 0 Å². The fourth-order valence-corrected chi connectivity index (χ4v) is 2.81. The third-order valence-corrected chi connectivity index (χ3v) is 4.02. The summed E-state index contributed by atoms with van der Waals surface area (Å²) in [6.07, 6.45) is 1.91. The maximum Gasteiger partial charge on any atom is 0.265 e. The number of hydrogen-bond acceptors (Lipinski definition) is 6. The topological polar surface area (TPSA) is 97.3 Å². The molecule has 17 heavy (non-hydrogen) atoms. The average Bonchev–Trinajstić information content (AvgIpc) is 2.71. The minimum absolute atomic E-state index is 0.181. The summed E-state index contributed by atoms with van der Waals surface area (Å²) in [5.74, 6) is 0.124. The van der Waals surface area contributed by atoms with Gasteiger partial charge in [0.25, 0.3) is 5.91 Å². The van der Waals surface area contributed by atoms with Crippen LogP contribution in [-0.2, 0) is 0 Å². The van der Waals surface area contributed by atoms with Crippen molar-refractivity contribution in [1.82, 2.24) is 10.3 Å². The zero-order valence-electron chi connectivity index (χ0n) is 9.77. The lowest BCUT2D eigenvalue weighted by molar-refractivity contribution is 0.0968. The summed E-state index contributed by atoms with van der Waals surface area (Å²) in [7, 11) is 1.58. The van der Waals surface area contributed by atoms with Gasteiger partial charge in [-0.3, -0.25) is 4.79 Å². The normalized spacial score (nSPS) is 17.2.